The molecular formula is C19H21N3O5. The van der Waals surface area contributed by atoms with E-state index in [1.165, 1.54) is 12.1 Å². The average molecular weight is 371 g/mol. The van der Waals surface area contributed by atoms with Gasteiger partial charge in [0.1, 0.15) is 0 Å². The number of nitrogens with one attached hydrogen (secondary N) is 1. The Morgan fingerprint density at radius 1 is 1.22 bits per heavy atom. The number of nitrogens with zero attached hydrogens (tertiary/aromatic N) is 1. The maximum absolute atomic E-state index is 12.1. The molecule has 8 nitrogen and oxygen atoms in total. The van der Waals surface area contributed by atoms with Crippen LogP contribution in [-0.4, -0.2) is 23.4 Å². The number of rotatable bonds is 7. The van der Waals surface area contributed by atoms with Gasteiger partial charge in [-0.3, -0.25) is 14.9 Å². The second-order valence-corrected chi connectivity index (χ2v) is 6.04. The number of amides is 1. The van der Waals surface area contributed by atoms with Crippen molar-refractivity contribution in [2.75, 3.05) is 12.3 Å². The Labute approximate surface area is 156 Å². The SMILES string of the molecule is CC[C@@H](NC(=O)COC(=O)c1cc([N+](=O)[O-])ccc1N)c1ccc(C)cc1. The minimum atomic E-state index is -0.894. The molecule has 0 aliphatic carbocycles. The number of ether oxygens (including phenoxy) is 1. The maximum Gasteiger partial charge on any atom is 0.341 e. The molecule has 0 saturated heterocycles. The van der Waals surface area contributed by atoms with E-state index in [4.69, 9.17) is 10.5 Å². The van der Waals surface area contributed by atoms with Crippen LogP contribution in [0.5, 0.6) is 0 Å². The normalized spacial score (nSPS) is 11.5. The molecule has 0 spiro atoms. The molecule has 0 aromatic heterocycles. The fourth-order valence-electron chi connectivity index (χ4n) is 2.50. The van der Waals surface area contributed by atoms with Gasteiger partial charge in [-0.1, -0.05) is 36.8 Å². The van der Waals surface area contributed by atoms with Gasteiger partial charge >= 0.3 is 5.97 Å². The fourth-order valence-corrected chi connectivity index (χ4v) is 2.50. The molecular weight excluding hydrogens is 350 g/mol. The van der Waals surface area contributed by atoms with Crippen LogP contribution in [0.2, 0.25) is 0 Å². The molecule has 2 aromatic rings. The number of nitrogens with two attached hydrogens (primary N) is 1. The Hall–Kier alpha value is -3.42. The number of carbonyl (C=O) groups is 2. The summed E-state index contributed by atoms with van der Waals surface area (Å²) in [6.45, 7) is 3.40. The quantitative estimate of drug-likeness (QED) is 0.334. The van der Waals surface area contributed by atoms with E-state index in [1.54, 1.807) is 0 Å². The number of nitro groups is 1. The van der Waals surface area contributed by atoms with Gasteiger partial charge in [-0.15, -0.1) is 0 Å². The largest absolute Gasteiger partial charge is 0.452 e. The van der Waals surface area contributed by atoms with Crippen LogP contribution in [-0.2, 0) is 9.53 Å². The second kappa shape index (κ2) is 8.79. The van der Waals surface area contributed by atoms with Gasteiger partial charge in [0.05, 0.1) is 16.5 Å². The minimum Gasteiger partial charge on any atom is -0.452 e. The van der Waals surface area contributed by atoms with Crippen LogP contribution in [0.15, 0.2) is 42.5 Å². The second-order valence-electron chi connectivity index (χ2n) is 6.04. The molecule has 0 fully saturated rings. The summed E-state index contributed by atoms with van der Waals surface area (Å²) in [4.78, 5) is 34.4. The molecule has 1 amide bonds. The summed E-state index contributed by atoms with van der Waals surface area (Å²) in [5.41, 5.74) is 7.33. The number of benzene rings is 2. The molecule has 0 saturated carbocycles. The number of carbonyl (C=O) groups excluding carboxylic acids is 2. The monoisotopic (exact) mass is 371 g/mol. The first kappa shape index (κ1) is 19.9. The summed E-state index contributed by atoms with van der Waals surface area (Å²) in [6.07, 6.45) is 0.667. The topological polar surface area (TPSA) is 125 Å². The molecule has 27 heavy (non-hydrogen) atoms. The van der Waals surface area contributed by atoms with Gasteiger partial charge in [0.15, 0.2) is 6.61 Å². The lowest BCUT2D eigenvalue weighted by Crippen LogP contribution is -2.32. The Balaban J connectivity index is 1.98. The van der Waals surface area contributed by atoms with E-state index in [1.807, 2.05) is 38.1 Å². The van der Waals surface area contributed by atoms with Crippen LogP contribution in [0.25, 0.3) is 0 Å². The van der Waals surface area contributed by atoms with Crippen molar-refractivity contribution in [3.8, 4) is 0 Å². The third-order valence-electron chi connectivity index (χ3n) is 4.03. The van der Waals surface area contributed by atoms with E-state index in [2.05, 4.69) is 5.32 Å². The predicted molar refractivity (Wildman–Crippen MR) is 100 cm³/mol. The van der Waals surface area contributed by atoms with Gasteiger partial charge in [-0.25, -0.2) is 4.79 Å². The lowest BCUT2D eigenvalue weighted by Gasteiger charge is -2.17. The van der Waals surface area contributed by atoms with Crippen molar-refractivity contribution in [1.29, 1.82) is 0 Å². The summed E-state index contributed by atoms with van der Waals surface area (Å²) < 4.78 is 4.95. The van der Waals surface area contributed by atoms with Crippen molar-refractivity contribution in [2.24, 2.45) is 0 Å². The third-order valence-corrected chi connectivity index (χ3v) is 4.03. The van der Waals surface area contributed by atoms with Gasteiger partial charge in [-0.2, -0.15) is 0 Å². The Kier molecular flexibility index (Phi) is 6.48. The number of nitrogen functional groups attached to an aromatic ring is 1. The van der Waals surface area contributed by atoms with Crippen molar-refractivity contribution in [3.63, 3.8) is 0 Å². The van der Waals surface area contributed by atoms with Crippen molar-refractivity contribution in [1.82, 2.24) is 5.32 Å². The molecule has 0 unspecified atom stereocenters. The van der Waals surface area contributed by atoms with Crippen molar-refractivity contribution in [2.45, 2.75) is 26.3 Å². The Morgan fingerprint density at radius 2 is 1.89 bits per heavy atom. The first-order chi connectivity index (χ1) is 12.8. The number of esters is 1. The van der Waals surface area contributed by atoms with E-state index in [9.17, 15) is 19.7 Å². The van der Waals surface area contributed by atoms with Gasteiger partial charge in [0, 0.05) is 17.8 Å². The van der Waals surface area contributed by atoms with Crippen LogP contribution in [0, 0.1) is 17.0 Å². The fraction of sp³-hybridized carbons (Fsp3) is 0.263. The third kappa shape index (κ3) is 5.27. The van der Waals surface area contributed by atoms with E-state index in [0.717, 1.165) is 17.2 Å². The maximum atomic E-state index is 12.1. The van der Waals surface area contributed by atoms with E-state index in [-0.39, 0.29) is 23.0 Å². The number of aryl methyl sites for hydroxylation is 1. The Bertz CT molecular complexity index is 849. The van der Waals surface area contributed by atoms with Crippen LogP contribution < -0.4 is 11.1 Å². The summed E-state index contributed by atoms with van der Waals surface area (Å²) in [7, 11) is 0. The molecule has 3 N–H and O–H groups in total. The molecule has 8 heteroatoms. The van der Waals surface area contributed by atoms with E-state index >= 15 is 0 Å². The number of hydrogen-bond donors (Lipinski definition) is 2. The highest BCUT2D eigenvalue weighted by atomic mass is 16.6. The summed E-state index contributed by atoms with van der Waals surface area (Å²) >= 11 is 0. The predicted octanol–water partition coefficient (Wildman–Crippen LogP) is 2.91. The van der Waals surface area contributed by atoms with Gasteiger partial charge < -0.3 is 15.8 Å². The van der Waals surface area contributed by atoms with E-state index < -0.39 is 23.4 Å². The number of non-ortho nitro benzene ring substituents is 1. The number of hydrogen-bond acceptors (Lipinski definition) is 6. The van der Waals surface area contributed by atoms with Crippen LogP contribution >= 0.6 is 0 Å². The molecule has 142 valence electrons. The van der Waals surface area contributed by atoms with Gasteiger partial charge in [0.25, 0.3) is 11.6 Å². The lowest BCUT2D eigenvalue weighted by molar-refractivity contribution is -0.384. The Morgan fingerprint density at radius 3 is 2.48 bits per heavy atom. The first-order valence-electron chi connectivity index (χ1n) is 8.38. The lowest BCUT2D eigenvalue weighted by atomic mass is 10.0. The zero-order valence-corrected chi connectivity index (χ0v) is 15.1. The summed E-state index contributed by atoms with van der Waals surface area (Å²) in [5, 5.41) is 13.6. The number of anilines is 1. The van der Waals surface area contributed by atoms with Gasteiger partial charge in [0.2, 0.25) is 0 Å². The zero-order valence-electron chi connectivity index (χ0n) is 15.1. The van der Waals surface area contributed by atoms with Crippen LogP contribution in [0.1, 0.15) is 40.9 Å². The molecule has 0 bridgehead atoms. The first-order valence-corrected chi connectivity index (χ1v) is 8.38. The van der Waals surface area contributed by atoms with Crippen LogP contribution in [0.4, 0.5) is 11.4 Å². The average Bonchev–Trinajstić information content (AvgIpc) is 2.65. The number of nitro benzene ring substituents is 1. The highest BCUT2D eigenvalue weighted by Crippen LogP contribution is 2.21. The molecule has 0 aliphatic rings. The molecule has 0 radical (unpaired) electrons. The molecule has 0 aliphatic heterocycles. The summed E-state index contributed by atoms with van der Waals surface area (Å²) in [5.74, 6) is -1.37. The standard InChI is InChI=1S/C19H21N3O5/c1-3-17(13-6-4-12(2)5-7-13)21-18(23)11-27-19(24)15-10-14(22(25)26)8-9-16(15)20/h4-10,17H,3,11,20H2,1-2H3,(H,21,23)/t17-/m1/s1. The van der Waals surface area contributed by atoms with E-state index in [0.29, 0.717) is 6.42 Å². The smallest absolute Gasteiger partial charge is 0.341 e. The molecule has 0 heterocycles. The molecule has 2 rings (SSSR count). The molecule has 2 aromatic carbocycles. The van der Waals surface area contributed by atoms with Crippen molar-refractivity contribution >= 4 is 23.3 Å². The highest BCUT2D eigenvalue weighted by Gasteiger charge is 2.19. The zero-order chi connectivity index (χ0) is 20.0. The van der Waals surface area contributed by atoms with Gasteiger partial charge in [-0.05, 0) is 25.0 Å². The summed E-state index contributed by atoms with van der Waals surface area (Å²) in [6, 6.07) is 11.0. The highest BCUT2D eigenvalue weighted by molar-refractivity contribution is 5.97. The van der Waals surface area contributed by atoms with Crippen molar-refractivity contribution in [3.05, 3.63) is 69.3 Å². The minimum absolute atomic E-state index is 0.0390. The van der Waals surface area contributed by atoms with Crippen molar-refractivity contribution < 1.29 is 19.2 Å². The van der Waals surface area contributed by atoms with Crippen LogP contribution in [0.3, 0.4) is 0 Å². The molecule has 1 atom stereocenters.